The van der Waals surface area contributed by atoms with Crippen molar-refractivity contribution in [1.29, 1.82) is 5.26 Å². The largest absolute Gasteiger partial charge is 0.491 e. The molecule has 1 aromatic heterocycles. The van der Waals surface area contributed by atoms with Gasteiger partial charge in [0.15, 0.2) is 5.75 Å². The van der Waals surface area contributed by atoms with Crippen LogP contribution in [0.25, 0.3) is 0 Å². The third-order valence-corrected chi connectivity index (χ3v) is 5.88. The van der Waals surface area contributed by atoms with E-state index in [1.807, 2.05) is 6.07 Å². The van der Waals surface area contributed by atoms with Gasteiger partial charge in [-0.25, -0.2) is 13.4 Å². The van der Waals surface area contributed by atoms with Gasteiger partial charge in [-0.3, -0.25) is 19.3 Å². The quantitative estimate of drug-likeness (QED) is 0.549. The van der Waals surface area contributed by atoms with Gasteiger partial charge in [0.25, 0.3) is 17.7 Å². The summed E-state index contributed by atoms with van der Waals surface area (Å²) in [6.45, 7) is 3.19. The Balaban J connectivity index is 2.21. The van der Waals surface area contributed by atoms with Crippen molar-refractivity contribution in [2.24, 2.45) is 0 Å². The van der Waals surface area contributed by atoms with E-state index in [0.29, 0.717) is 0 Å². The highest BCUT2D eigenvalue weighted by atomic mass is 32.2. The Morgan fingerprint density at radius 2 is 1.88 bits per heavy atom. The maximum atomic E-state index is 13.5. The van der Waals surface area contributed by atoms with Crippen LogP contribution < -0.4 is 14.8 Å². The van der Waals surface area contributed by atoms with Gasteiger partial charge in [0.1, 0.15) is 9.84 Å². The minimum Gasteiger partial charge on any atom is -0.491 e. The average molecular weight is 487 g/mol. The summed E-state index contributed by atoms with van der Waals surface area (Å²) in [6, 6.07) is 6.11. The van der Waals surface area contributed by atoms with Crippen molar-refractivity contribution >= 4 is 33.2 Å². The van der Waals surface area contributed by atoms with Gasteiger partial charge >= 0.3 is 0 Å². The number of hydrogen-bond donors (Lipinski definition) is 1. The number of anilines is 1. The van der Waals surface area contributed by atoms with Gasteiger partial charge in [0.2, 0.25) is 5.91 Å². The maximum absolute atomic E-state index is 13.5. The summed E-state index contributed by atoms with van der Waals surface area (Å²) in [5.74, 6) is -2.49. The fourth-order valence-corrected chi connectivity index (χ4v) is 4.55. The van der Waals surface area contributed by atoms with E-state index < -0.39 is 39.4 Å². The molecule has 1 aliphatic rings. The number of sulfone groups is 1. The Morgan fingerprint density at radius 3 is 2.44 bits per heavy atom. The van der Waals surface area contributed by atoms with Crippen LogP contribution in [-0.2, 0) is 14.6 Å². The lowest BCUT2D eigenvalue weighted by Crippen LogP contribution is -2.38. The second kappa shape index (κ2) is 9.48. The smallest absolute Gasteiger partial charge is 0.264 e. The van der Waals surface area contributed by atoms with E-state index in [-0.39, 0.29) is 46.3 Å². The number of aromatic nitrogens is 1. The number of imide groups is 1. The summed E-state index contributed by atoms with van der Waals surface area (Å²) in [5, 5.41) is 12.0. The van der Waals surface area contributed by atoms with Crippen LogP contribution in [0.2, 0.25) is 0 Å². The van der Waals surface area contributed by atoms with Crippen molar-refractivity contribution in [2.45, 2.75) is 19.9 Å². The number of hydrogen-bond acceptors (Lipinski definition) is 9. The van der Waals surface area contributed by atoms with Crippen LogP contribution in [0, 0.1) is 11.3 Å². The second-order valence-corrected chi connectivity index (χ2v) is 9.65. The minimum absolute atomic E-state index is 0.0400. The lowest BCUT2D eigenvalue weighted by Gasteiger charge is -2.26. The SMILES string of the molecule is CCOc1nc([C@@H](CS(C)(=O)=O)N2C(=O)c3c(C#N)ccc(NC(C)=O)c3C2=O)ccc1OC. The van der Waals surface area contributed by atoms with Crippen LogP contribution in [0.1, 0.15) is 51.9 Å². The summed E-state index contributed by atoms with van der Waals surface area (Å²) in [5.41, 5.74) is -0.366. The van der Waals surface area contributed by atoms with Crippen LogP contribution in [0.4, 0.5) is 5.69 Å². The molecule has 0 saturated heterocycles. The maximum Gasteiger partial charge on any atom is 0.264 e. The lowest BCUT2D eigenvalue weighted by atomic mass is 10.0. The van der Waals surface area contributed by atoms with E-state index in [9.17, 15) is 28.1 Å². The van der Waals surface area contributed by atoms with Crippen LogP contribution in [0.15, 0.2) is 24.3 Å². The first kappa shape index (κ1) is 24.7. The number of ether oxygens (including phenoxy) is 2. The third kappa shape index (κ3) is 4.69. The molecule has 0 aliphatic carbocycles. The monoisotopic (exact) mass is 486 g/mol. The van der Waals surface area contributed by atoms with E-state index >= 15 is 0 Å². The minimum atomic E-state index is -3.72. The number of nitrogens with zero attached hydrogens (tertiary/aromatic N) is 3. The molecule has 178 valence electrons. The number of nitrogens with one attached hydrogen (secondary N) is 1. The predicted molar refractivity (Wildman–Crippen MR) is 120 cm³/mol. The zero-order valence-corrected chi connectivity index (χ0v) is 19.7. The van der Waals surface area contributed by atoms with Crippen molar-refractivity contribution < 1.29 is 32.3 Å². The Labute approximate surface area is 196 Å². The molecule has 2 aromatic rings. The fraction of sp³-hybridized carbons (Fsp3) is 0.318. The molecule has 0 fully saturated rings. The Morgan fingerprint density at radius 1 is 1.21 bits per heavy atom. The molecule has 3 rings (SSSR count). The van der Waals surface area contributed by atoms with E-state index in [2.05, 4.69) is 10.3 Å². The summed E-state index contributed by atoms with van der Waals surface area (Å²) in [4.78, 5) is 43.6. The molecule has 0 spiro atoms. The number of fused-ring (bicyclic) bond motifs is 1. The molecule has 3 amide bonds. The van der Waals surface area contributed by atoms with Crippen molar-refractivity contribution in [1.82, 2.24) is 9.88 Å². The molecule has 0 saturated carbocycles. The average Bonchev–Trinajstić information content (AvgIpc) is 3.02. The van der Waals surface area contributed by atoms with Crippen LogP contribution in [-0.4, -0.2) is 61.7 Å². The molecule has 12 heteroatoms. The first-order valence-electron chi connectivity index (χ1n) is 10.1. The molecule has 1 N–H and O–H groups in total. The van der Waals surface area contributed by atoms with E-state index in [1.54, 1.807) is 6.92 Å². The van der Waals surface area contributed by atoms with Gasteiger partial charge in [-0.2, -0.15) is 5.26 Å². The van der Waals surface area contributed by atoms with Crippen LogP contribution in [0.3, 0.4) is 0 Å². The number of benzene rings is 1. The Bertz CT molecular complexity index is 1330. The van der Waals surface area contributed by atoms with Gasteiger partial charge in [-0.15, -0.1) is 0 Å². The van der Waals surface area contributed by atoms with E-state index in [1.165, 1.54) is 38.3 Å². The summed E-state index contributed by atoms with van der Waals surface area (Å²) in [6.07, 6.45) is 0.967. The number of nitriles is 1. The number of methoxy groups -OCH3 is 1. The van der Waals surface area contributed by atoms with Crippen LogP contribution >= 0.6 is 0 Å². The first-order valence-corrected chi connectivity index (χ1v) is 12.2. The number of amides is 3. The van der Waals surface area contributed by atoms with E-state index in [0.717, 1.165) is 11.2 Å². The van der Waals surface area contributed by atoms with Crippen LogP contribution in [0.5, 0.6) is 11.6 Å². The Hall–Kier alpha value is -3.98. The van der Waals surface area contributed by atoms with Crippen molar-refractivity contribution in [3.05, 3.63) is 46.6 Å². The molecular weight excluding hydrogens is 464 g/mol. The number of rotatable bonds is 8. The molecule has 0 bridgehead atoms. The molecule has 1 aliphatic heterocycles. The van der Waals surface area contributed by atoms with Gasteiger partial charge in [-0.05, 0) is 31.2 Å². The fourth-order valence-electron chi connectivity index (χ4n) is 3.65. The standard InChI is InChI=1S/C22H22N4O7S/c1-5-33-20-17(32-3)9-8-14(25-20)16(11-34(4,30)31)26-21(28)18-13(10-23)6-7-15(24-12(2)27)19(18)22(26)29/h6-9,16H,5,11H2,1-4H3,(H,24,27)/t16-/m1/s1. The van der Waals surface area contributed by atoms with E-state index in [4.69, 9.17) is 9.47 Å². The molecule has 1 aromatic carbocycles. The normalized spacial score (nSPS) is 13.8. The zero-order valence-electron chi connectivity index (χ0n) is 18.9. The molecule has 1 atom stereocenters. The number of carbonyl (C=O) groups is 3. The molecule has 11 nitrogen and oxygen atoms in total. The zero-order chi connectivity index (χ0) is 25.2. The molecular formula is C22H22N4O7S. The summed E-state index contributed by atoms with van der Waals surface area (Å²) >= 11 is 0. The number of pyridine rings is 1. The third-order valence-electron chi connectivity index (χ3n) is 4.96. The van der Waals surface area contributed by atoms with Crippen molar-refractivity contribution in [3.8, 4) is 17.7 Å². The Kier molecular flexibility index (Phi) is 6.88. The van der Waals surface area contributed by atoms with Gasteiger partial charge in [0, 0.05) is 13.2 Å². The molecule has 0 unspecified atom stereocenters. The number of carbonyl (C=O) groups excluding carboxylic acids is 3. The van der Waals surface area contributed by atoms with Gasteiger partial charge < -0.3 is 14.8 Å². The van der Waals surface area contributed by atoms with Gasteiger partial charge in [-0.1, -0.05) is 0 Å². The second-order valence-electron chi connectivity index (χ2n) is 7.47. The van der Waals surface area contributed by atoms with Crippen molar-refractivity contribution in [3.63, 3.8) is 0 Å². The molecule has 34 heavy (non-hydrogen) atoms. The van der Waals surface area contributed by atoms with Crippen molar-refractivity contribution in [2.75, 3.05) is 31.0 Å². The highest BCUT2D eigenvalue weighted by Crippen LogP contribution is 2.38. The summed E-state index contributed by atoms with van der Waals surface area (Å²) < 4.78 is 35.2. The first-order chi connectivity index (χ1) is 16.0. The molecule has 2 heterocycles. The lowest BCUT2D eigenvalue weighted by molar-refractivity contribution is -0.114. The predicted octanol–water partition coefficient (Wildman–Crippen LogP) is 1.70. The molecule has 0 radical (unpaired) electrons. The van der Waals surface area contributed by atoms with Gasteiger partial charge in [0.05, 0.1) is 59.7 Å². The highest BCUT2D eigenvalue weighted by Gasteiger charge is 2.45. The topological polar surface area (TPSA) is 156 Å². The highest BCUT2D eigenvalue weighted by molar-refractivity contribution is 7.90. The summed E-state index contributed by atoms with van der Waals surface area (Å²) in [7, 11) is -2.31.